The van der Waals surface area contributed by atoms with Gasteiger partial charge in [-0.2, -0.15) is 5.10 Å². The maximum atomic E-state index is 12.2. The number of rotatable bonds is 7. The summed E-state index contributed by atoms with van der Waals surface area (Å²) in [4.78, 5) is 33.2. The van der Waals surface area contributed by atoms with E-state index in [0.717, 1.165) is 0 Å². The summed E-state index contributed by atoms with van der Waals surface area (Å²) < 4.78 is 11.8. The number of halogens is 2. The normalized spacial score (nSPS) is 11.0. The van der Waals surface area contributed by atoms with Crippen LogP contribution in [-0.4, -0.2) is 34.7 Å². The van der Waals surface area contributed by atoms with Gasteiger partial charge in [0.05, 0.1) is 19.2 Å². The number of nitrogens with zero attached hydrogens (tertiary/aromatic N) is 2. The topological polar surface area (TPSA) is 144 Å². The molecule has 154 valence electrons. The average Bonchev–Trinajstić information content (AvgIpc) is 3.10. The number of hydrogen-bond donors (Lipinski definition) is 2. The van der Waals surface area contributed by atoms with Crippen LogP contribution in [-0.2, 0) is 4.79 Å². The molecule has 2 N–H and O–H groups in total. The van der Waals surface area contributed by atoms with E-state index in [4.69, 9.17) is 14.3 Å². The summed E-state index contributed by atoms with van der Waals surface area (Å²) >= 11 is 5.29. The molecule has 30 heavy (non-hydrogen) atoms. The molecule has 1 heterocycles. The van der Waals surface area contributed by atoms with E-state index in [1.807, 2.05) is 22.6 Å². The Morgan fingerprint density at radius 1 is 1.33 bits per heavy atom. The second-order valence-electron chi connectivity index (χ2n) is 5.79. The summed E-state index contributed by atoms with van der Waals surface area (Å²) in [6.07, 6.45) is 1.39. The lowest BCUT2D eigenvalue weighted by molar-refractivity contribution is -0.384. The fourth-order valence-electron chi connectivity index (χ4n) is 2.40. The van der Waals surface area contributed by atoms with E-state index in [9.17, 15) is 19.7 Å². The number of nitro benzene ring substituents is 1. The van der Waals surface area contributed by atoms with Gasteiger partial charge in [0.25, 0.3) is 5.69 Å². The number of carboxylic acids is 1. The van der Waals surface area contributed by atoms with Crippen LogP contribution in [0, 0.1) is 13.7 Å². The molecule has 1 aromatic heterocycles. The first-order valence-corrected chi connectivity index (χ1v) is 9.97. The molecular weight excluding hydrogens is 577 g/mol. The van der Waals surface area contributed by atoms with Gasteiger partial charge in [-0.25, -0.2) is 10.2 Å². The zero-order valence-electron chi connectivity index (χ0n) is 14.8. The van der Waals surface area contributed by atoms with E-state index >= 15 is 0 Å². The molecular formula is C18H11BrIN3O7. The molecule has 0 atom stereocenters. The number of carbonyl (C=O) groups is 2. The van der Waals surface area contributed by atoms with Crippen molar-refractivity contribution in [1.82, 2.24) is 5.43 Å². The Kier molecular flexibility index (Phi) is 6.66. The van der Waals surface area contributed by atoms with Gasteiger partial charge in [-0.3, -0.25) is 14.9 Å². The maximum absolute atomic E-state index is 12.2. The molecule has 0 aliphatic carbocycles. The Morgan fingerprint density at radius 3 is 2.77 bits per heavy atom. The van der Waals surface area contributed by atoms with Gasteiger partial charge in [0.15, 0.2) is 12.4 Å². The number of ether oxygens (including phenoxy) is 1. The molecule has 0 spiro atoms. The van der Waals surface area contributed by atoms with Crippen LogP contribution in [0.5, 0.6) is 5.75 Å². The molecule has 12 heteroatoms. The first-order valence-electron chi connectivity index (χ1n) is 8.09. The van der Waals surface area contributed by atoms with Crippen LogP contribution in [0.25, 0.3) is 11.0 Å². The van der Waals surface area contributed by atoms with Crippen molar-refractivity contribution < 1.29 is 28.8 Å². The number of aliphatic carboxylic acids is 1. The predicted molar refractivity (Wildman–Crippen MR) is 118 cm³/mol. The van der Waals surface area contributed by atoms with Crippen LogP contribution >= 0.6 is 38.5 Å². The highest BCUT2D eigenvalue weighted by atomic mass is 127. The third kappa shape index (κ3) is 5.13. The smallest absolute Gasteiger partial charge is 0.341 e. The Balaban J connectivity index is 1.70. The number of nitrogens with one attached hydrogen (secondary N) is 1. The highest BCUT2D eigenvalue weighted by molar-refractivity contribution is 14.1. The van der Waals surface area contributed by atoms with Crippen molar-refractivity contribution in [2.24, 2.45) is 5.10 Å². The van der Waals surface area contributed by atoms with Gasteiger partial charge < -0.3 is 14.3 Å². The van der Waals surface area contributed by atoms with Gasteiger partial charge in [0, 0.05) is 17.5 Å². The zero-order valence-corrected chi connectivity index (χ0v) is 18.5. The Bertz CT molecular complexity index is 1170. The number of carboxylic acid groups (broad SMARTS) is 1. The molecule has 0 fully saturated rings. The fraction of sp³-hybridized carbons (Fsp3) is 0.0556. The van der Waals surface area contributed by atoms with Crippen molar-refractivity contribution in [3.8, 4) is 5.75 Å². The van der Waals surface area contributed by atoms with Gasteiger partial charge in [0.2, 0.25) is 0 Å². The van der Waals surface area contributed by atoms with Crippen LogP contribution in [0.15, 0.2) is 50.4 Å². The number of amides is 1. The van der Waals surface area contributed by atoms with Crippen LogP contribution < -0.4 is 10.2 Å². The minimum Gasteiger partial charge on any atom is -0.480 e. The van der Waals surface area contributed by atoms with E-state index in [0.29, 0.717) is 30.3 Å². The molecule has 0 bridgehead atoms. The summed E-state index contributed by atoms with van der Waals surface area (Å²) in [5.41, 5.74) is 3.17. The number of non-ortho nitro benzene ring substituents is 1. The van der Waals surface area contributed by atoms with E-state index < -0.39 is 23.4 Å². The Morgan fingerprint density at radius 2 is 2.10 bits per heavy atom. The van der Waals surface area contributed by atoms with Crippen LogP contribution in [0.3, 0.4) is 0 Å². The summed E-state index contributed by atoms with van der Waals surface area (Å²) in [5.74, 6) is -1.38. The van der Waals surface area contributed by atoms with Crippen molar-refractivity contribution in [3.05, 3.63) is 65.9 Å². The van der Waals surface area contributed by atoms with E-state index in [-0.39, 0.29) is 11.4 Å². The number of fused-ring (bicyclic) bond motifs is 1. The van der Waals surface area contributed by atoms with E-state index in [1.54, 1.807) is 12.1 Å². The molecule has 3 aromatic rings. The second kappa shape index (κ2) is 9.21. The van der Waals surface area contributed by atoms with Crippen molar-refractivity contribution in [2.75, 3.05) is 6.61 Å². The number of carbonyl (C=O) groups excluding carboxylic acids is 1. The second-order valence-corrected chi connectivity index (χ2v) is 7.80. The molecule has 0 aliphatic heterocycles. The third-order valence-corrected chi connectivity index (χ3v) is 5.07. The lowest BCUT2D eigenvalue weighted by Gasteiger charge is -2.09. The molecule has 0 aliphatic rings. The Labute approximate surface area is 190 Å². The first-order chi connectivity index (χ1) is 14.2. The van der Waals surface area contributed by atoms with Crippen molar-refractivity contribution in [2.45, 2.75) is 0 Å². The number of hydrogen-bond acceptors (Lipinski definition) is 7. The van der Waals surface area contributed by atoms with E-state index in [1.165, 1.54) is 30.5 Å². The van der Waals surface area contributed by atoms with Crippen molar-refractivity contribution >= 4 is 73.3 Å². The largest absolute Gasteiger partial charge is 0.480 e. The minimum absolute atomic E-state index is 0.0455. The van der Waals surface area contributed by atoms with E-state index in [2.05, 4.69) is 26.5 Å². The standard InChI is InChI=1S/C18H11BrIN3O7/c19-12-3-9(4-13(20)17(12)29-8-16(24)25)7-21-22-18(26)15-6-10-5-11(23(27)28)1-2-14(10)30-15/h1-7H,8H2,(H,22,26)(H,24,25)/b21-7+. The van der Waals surface area contributed by atoms with Gasteiger partial charge in [-0.15, -0.1) is 0 Å². The summed E-state index contributed by atoms with van der Waals surface area (Å²) in [6.45, 7) is -0.473. The molecule has 0 saturated carbocycles. The maximum Gasteiger partial charge on any atom is 0.341 e. The van der Waals surface area contributed by atoms with Gasteiger partial charge in [-0.1, -0.05) is 0 Å². The minimum atomic E-state index is -1.09. The lowest BCUT2D eigenvalue weighted by atomic mass is 10.2. The molecule has 1 amide bonds. The van der Waals surface area contributed by atoms with Crippen LogP contribution in [0.2, 0.25) is 0 Å². The lowest BCUT2D eigenvalue weighted by Crippen LogP contribution is -2.16. The van der Waals surface area contributed by atoms with Crippen molar-refractivity contribution in [1.29, 1.82) is 0 Å². The quantitative estimate of drug-likeness (QED) is 0.184. The summed E-state index contributed by atoms with van der Waals surface area (Å²) in [7, 11) is 0. The number of furan rings is 1. The SMILES string of the molecule is O=C(O)COc1c(Br)cc(/C=N/NC(=O)c2cc3cc([N+](=O)[O-])ccc3o2)cc1I. The van der Waals surface area contributed by atoms with Gasteiger partial charge in [-0.05, 0) is 68.3 Å². The van der Waals surface area contributed by atoms with Gasteiger partial charge in [0.1, 0.15) is 11.3 Å². The molecule has 0 unspecified atom stereocenters. The predicted octanol–water partition coefficient (Wildman–Crippen LogP) is 3.94. The molecule has 0 radical (unpaired) electrons. The molecule has 10 nitrogen and oxygen atoms in total. The molecule has 3 rings (SSSR count). The summed E-state index contributed by atoms with van der Waals surface area (Å²) in [6, 6.07) is 8.75. The van der Waals surface area contributed by atoms with Crippen LogP contribution in [0.1, 0.15) is 16.1 Å². The number of hydrazone groups is 1. The summed E-state index contributed by atoms with van der Waals surface area (Å²) in [5, 5.41) is 23.8. The monoisotopic (exact) mass is 587 g/mol. The molecule has 2 aromatic carbocycles. The zero-order chi connectivity index (χ0) is 21.8. The molecule has 0 saturated heterocycles. The fourth-order valence-corrected chi connectivity index (χ4v) is 4.17. The van der Waals surface area contributed by atoms with Crippen LogP contribution in [0.4, 0.5) is 5.69 Å². The number of nitro groups is 1. The highest BCUT2D eigenvalue weighted by Crippen LogP contribution is 2.31. The third-order valence-electron chi connectivity index (χ3n) is 3.67. The average molecular weight is 588 g/mol. The van der Waals surface area contributed by atoms with Gasteiger partial charge >= 0.3 is 11.9 Å². The number of benzene rings is 2. The highest BCUT2D eigenvalue weighted by Gasteiger charge is 2.15. The Hall–Kier alpha value is -3.00. The van der Waals surface area contributed by atoms with Crippen molar-refractivity contribution in [3.63, 3.8) is 0 Å². The first kappa shape index (κ1) is 21.7.